The molecule has 2 aliphatic heterocycles. The van der Waals surface area contributed by atoms with Gasteiger partial charge in [0.2, 0.25) is 5.75 Å². The van der Waals surface area contributed by atoms with Crippen LogP contribution >= 0.6 is 0 Å². The third-order valence-electron chi connectivity index (χ3n) is 5.38. The predicted octanol–water partition coefficient (Wildman–Crippen LogP) is 4.23. The summed E-state index contributed by atoms with van der Waals surface area (Å²) in [6, 6.07) is 21.4. The smallest absolute Gasteiger partial charge is 0.258 e. The molecule has 1 atom stereocenters. The molecule has 1 amide bonds. The zero-order valence-corrected chi connectivity index (χ0v) is 16.6. The third kappa shape index (κ3) is 3.20. The zero-order valence-electron chi connectivity index (χ0n) is 16.6. The van der Waals surface area contributed by atoms with E-state index in [1.54, 1.807) is 7.11 Å². The number of ether oxygens (including phenoxy) is 3. The lowest BCUT2D eigenvalue weighted by molar-refractivity contribution is 0.0665. The fourth-order valence-corrected chi connectivity index (χ4v) is 3.95. The van der Waals surface area contributed by atoms with E-state index < -0.39 is 0 Å². The van der Waals surface area contributed by atoms with Crippen molar-refractivity contribution in [3.63, 3.8) is 0 Å². The molecule has 152 valence electrons. The highest BCUT2D eigenvalue weighted by Crippen LogP contribution is 2.44. The molecule has 3 aromatic rings. The van der Waals surface area contributed by atoms with E-state index in [1.807, 2.05) is 71.6 Å². The van der Waals surface area contributed by atoms with Gasteiger partial charge in [0, 0.05) is 17.8 Å². The Labute approximate surface area is 175 Å². The van der Waals surface area contributed by atoms with Gasteiger partial charge in [-0.3, -0.25) is 4.79 Å². The zero-order chi connectivity index (χ0) is 20.5. The Hall–Kier alpha value is -3.67. The van der Waals surface area contributed by atoms with Crippen LogP contribution in [0.4, 0.5) is 5.69 Å². The van der Waals surface area contributed by atoms with E-state index in [0.29, 0.717) is 42.6 Å². The Balaban J connectivity index is 1.60. The van der Waals surface area contributed by atoms with Crippen LogP contribution in [-0.4, -0.2) is 31.1 Å². The van der Waals surface area contributed by atoms with Crippen molar-refractivity contribution in [1.82, 2.24) is 4.90 Å². The fraction of sp³-hybridized carbons (Fsp3) is 0.208. The molecule has 0 radical (unpaired) electrons. The number of carbonyl (C=O) groups is 1. The maximum Gasteiger partial charge on any atom is 0.258 e. The molecule has 2 aliphatic rings. The van der Waals surface area contributed by atoms with Crippen LogP contribution in [0.15, 0.2) is 66.7 Å². The van der Waals surface area contributed by atoms with Gasteiger partial charge in [-0.2, -0.15) is 0 Å². The summed E-state index contributed by atoms with van der Waals surface area (Å²) in [6.07, 6.45) is -0.377. The summed E-state index contributed by atoms with van der Waals surface area (Å²) in [5, 5.41) is 3.53. The second kappa shape index (κ2) is 7.63. The largest absolute Gasteiger partial charge is 0.493 e. The van der Waals surface area contributed by atoms with Crippen LogP contribution in [-0.2, 0) is 6.54 Å². The lowest BCUT2D eigenvalue weighted by Crippen LogP contribution is -2.42. The summed E-state index contributed by atoms with van der Waals surface area (Å²) in [4.78, 5) is 15.3. The summed E-state index contributed by atoms with van der Waals surface area (Å²) in [7, 11) is 1.61. The number of nitrogens with zero attached hydrogens (tertiary/aromatic N) is 1. The first-order chi connectivity index (χ1) is 14.7. The van der Waals surface area contributed by atoms with Gasteiger partial charge in [-0.1, -0.05) is 42.5 Å². The van der Waals surface area contributed by atoms with Crippen molar-refractivity contribution in [1.29, 1.82) is 0 Å². The van der Waals surface area contributed by atoms with Crippen molar-refractivity contribution in [2.45, 2.75) is 12.7 Å². The average Bonchev–Trinajstić information content (AvgIpc) is 2.80. The SMILES string of the molecule is COc1cc([C@H]2Nc3ccccc3C(=O)N2Cc2ccccc2)cc2c1OCCO2. The maximum atomic E-state index is 13.4. The second-order valence-electron chi connectivity index (χ2n) is 7.26. The van der Waals surface area contributed by atoms with E-state index in [2.05, 4.69) is 5.32 Å². The number of methoxy groups -OCH3 is 1. The number of anilines is 1. The molecular formula is C24H22N2O4. The quantitative estimate of drug-likeness (QED) is 0.708. The van der Waals surface area contributed by atoms with E-state index in [1.165, 1.54) is 0 Å². The van der Waals surface area contributed by atoms with Gasteiger partial charge in [-0.05, 0) is 29.8 Å². The van der Waals surface area contributed by atoms with E-state index in [9.17, 15) is 4.79 Å². The monoisotopic (exact) mass is 402 g/mol. The number of benzene rings is 3. The lowest BCUT2D eigenvalue weighted by Gasteiger charge is -2.38. The Kier molecular flexibility index (Phi) is 4.67. The molecule has 0 aromatic heterocycles. The van der Waals surface area contributed by atoms with Crippen molar-refractivity contribution in [2.75, 3.05) is 25.6 Å². The number of carbonyl (C=O) groups excluding carboxylic acids is 1. The van der Waals surface area contributed by atoms with Crippen LogP contribution in [0.25, 0.3) is 0 Å². The Morgan fingerprint density at radius 2 is 1.80 bits per heavy atom. The topological polar surface area (TPSA) is 60.0 Å². The summed E-state index contributed by atoms with van der Waals surface area (Å²) in [5.74, 6) is 1.80. The average molecular weight is 402 g/mol. The van der Waals surface area contributed by atoms with Gasteiger partial charge in [0.05, 0.1) is 12.7 Å². The minimum Gasteiger partial charge on any atom is -0.493 e. The molecule has 0 saturated carbocycles. The molecule has 0 spiro atoms. The summed E-state index contributed by atoms with van der Waals surface area (Å²) in [6.45, 7) is 1.44. The number of fused-ring (bicyclic) bond motifs is 2. The lowest BCUT2D eigenvalue weighted by atomic mass is 10.0. The van der Waals surface area contributed by atoms with E-state index in [-0.39, 0.29) is 12.1 Å². The van der Waals surface area contributed by atoms with Gasteiger partial charge in [0.1, 0.15) is 19.4 Å². The van der Waals surface area contributed by atoms with Crippen LogP contribution in [0.2, 0.25) is 0 Å². The number of hydrogen-bond donors (Lipinski definition) is 1. The van der Waals surface area contributed by atoms with Crippen LogP contribution < -0.4 is 19.5 Å². The highest BCUT2D eigenvalue weighted by molar-refractivity contribution is 6.01. The van der Waals surface area contributed by atoms with Gasteiger partial charge in [0.25, 0.3) is 5.91 Å². The van der Waals surface area contributed by atoms with Crippen LogP contribution in [0, 0.1) is 0 Å². The highest BCUT2D eigenvalue weighted by Gasteiger charge is 2.34. The van der Waals surface area contributed by atoms with Gasteiger partial charge in [-0.15, -0.1) is 0 Å². The van der Waals surface area contributed by atoms with E-state index in [0.717, 1.165) is 16.8 Å². The Morgan fingerprint density at radius 1 is 1.03 bits per heavy atom. The summed E-state index contributed by atoms with van der Waals surface area (Å²) in [5.41, 5.74) is 3.40. The molecule has 0 unspecified atom stereocenters. The summed E-state index contributed by atoms with van der Waals surface area (Å²) < 4.78 is 17.1. The van der Waals surface area contributed by atoms with Crippen molar-refractivity contribution in [3.8, 4) is 17.2 Å². The van der Waals surface area contributed by atoms with Gasteiger partial charge in [0.15, 0.2) is 11.5 Å². The Morgan fingerprint density at radius 3 is 2.63 bits per heavy atom. The molecule has 3 aromatic carbocycles. The van der Waals surface area contributed by atoms with Crippen LogP contribution in [0.5, 0.6) is 17.2 Å². The number of nitrogens with one attached hydrogen (secondary N) is 1. The molecule has 0 aliphatic carbocycles. The predicted molar refractivity (Wildman–Crippen MR) is 113 cm³/mol. The maximum absolute atomic E-state index is 13.4. The fourth-order valence-electron chi connectivity index (χ4n) is 3.95. The number of para-hydroxylation sites is 1. The third-order valence-corrected chi connectivity index (χ3v) is 5.38. The normalized spacial score (nSPS) is 17.2. The highest BCUT2D eigenvalue weighted by atomic mass is 16.6. The number of amides is 1. The van der Waals surface area contributed by atoms with Crippen molar-refractivity contribution in [2.24, 2.45) is 0 Å². The molecule has 2 heterocycles. The van der Waals surface area contributed by atoms with Gasteiger partial charge >= 0.3 is 0 Å². The van der Waals surface area contributed by atoms with Crippen molar-refractivity contribution >= 4 is 11.6 Å². The first-order valence-corrected chi connectivity index (χ1v) is 9.92. The van der Waals surface area contributed by atoms with Gasteiger partial charge < -0.3 is 24.4 Å². The first-order valence-electron chi connectivity index (χ1n) is 9.92. The van der Waals surface area contributed by atoms with Gasteiger partial charge in [-0.25, -0.2) is 0 Å². The first kappa shape index (κ1) is 18.4. The molecule has 0 fully saturated rings. The molecule has 6 nitrogen and oxygen atoms in total. The molecule has 5 rings (SSSR count). The van der Waals surface area contributed by atoms with Crippen LogP contribution in [0.3, 0.4) is 0 Å². The van der Waals surface area contributed by atoms with Crippen molar-refractivity contribution in [3.05, 3.63) is 83.4 Å². The Bertz CT molecular complexity index is 1070. The minimum atomic E-state index is -0.377. The van der Waals surface area contributed by atoms with E-state index in [4.69, 9.17) is 14.2 Å². The number of hydrogen-bond acceptors (Lipinski definition) is 5. The van der Waals surface area contributed by atoms with Crippen LogP contribution in [0.1, 0.15) is 27.7 Å². The molecule has 6 heteroatoms. The molecule has 0 bridgehead atoms. The molecular weight excluding hydrogens is 380 g/mol. The molecule has 0 saturated heterocycles. The van der Waals surface area contributed by atoms with Crippen molar-refractivity contribution < 1.29 is 19.0 Å². The molecule has 30 heavy (non-hydrogen) atoms. The minimum absolute atomic E-state index is 0.0212. The standard InChI is InChI=1S/C24H22N2O4/c1-28-20-13-17(14-21-22(20)30-12-11-29-21)23-25-19-10-6-5-9-18(19)24(27)26(23)15-16-7-3-2-4-8-16/h2-10,13-14,23,25H,11-12,15H2,1H3/t23-/m0/s1. The molecule has 1 N–H and O–H groups in total. The summed E-state index contributed by atoms with van der Waals surface area (Å²) >= 11 is 0. The number of rotatable bonds is 4. The second-order valence-corrected chi connectivity index (χ2v) is 7.26. The van der Waals surface area contributed by atoms with E-state index >= 15 is 0 Å².